The predicted molar refractivity (Wildman–Crippen MR) is 81.6 cm³/mol. The Morgan fingerprint density at radius 1 is 1.00 bits per heavy atom. The zero-order valence-corrected chi connectivity index (χ0v) is 11.9. The van der Waals surface area contributed by atoms with E-state index in [1.54, 1.807) is 48.5 Å². The standard InChI is InChI=1S/C16H14ClNO3/c17-13-7-5-11(6-8-13)9-15(19)18-14-4-2-1-3-12(14)10-16(20)21/h1-8H,9-10H2,(H,18,19)(H,20,21). The molecular formula is C16H14ClNO3. The van der Waals surface area contributed by atoms with Crippen LogP contribution < -0.4 is 5.32 Å². The van der Waals surface area contributed by atoms with Gasteiger partial charge in [-0.05, 0) is 29.3 Å². The number of anilines is 1. The summed E-state index contributed by atoms with van der Waals surface area (Å²) in [6, 6.07) is 13.9. The maximum atomic E-state index is 12.0. The van der Waals surface area contributed by atoms with Gasteiger partial charge in [-0.3, -0.25) is 9.59 Å². The van der Waals surface area contributed by atoms with Gasteiger partial charge in [-0.25, -0.2) is 0 Å². The average Bonchev–Trinajstić information content (AvgIpc) is 2.43. The molecule has 21 heavy (non-hydrogen) atoms. The van der Waals surface area contributed by atoms with Crippen molar-refractivity contribution >= 4 is 29.2 Å². The van der Waals surface area contributed by atoms with Crippen LogP contribution in [0.1, 0.15) is 11.1 Å². The molecule has 0 saturated carbocycles. The lowest BCUT2D eigenvalue weighted by molar-refractivity contribution is -0.136. The van der Waals surface area contributed by atoms with E-state index in [0.717, 1.165) is 5.56 Å². The summed E-state index contributed by atoms with van der Waals surface area (Å²) in [5.41, 5.74) is 1.95. The van der Waals surface area contributed by atoms with Crippen LogP contribution >= 0.6 is 11.6 Å². The molecule has 2 aromatic rings. The van der Waals surface area contributed by atoms with Crippen molar-refractivity contribution in [3.8, 4) is 0 Å². The SMILES string of the molecule is O=C(O)Cc1ccccc1NC(=O)Cc1ccc(Cl)cc1. The monoisotopic (exact) mass is 303 g/mol. The molecule has 4 nitrogen and oxygen atoms in total. The van der Waals surface area contributed by atoms with Gasteiger partial charge in [0.15, 0.2) is 0 Å². The highest BCUT2D eigenvalue weighted by molar-refractivity contribution is 6.30. The van der Waals surface area contributed by atoms with E-state index in [2.05, 4.69) is 5.32 Å². The molecule has 1 amide bonds. The van der Waals surface area contributed by atoms with Crippen LogP contribution in [0.25, 0.3) is 0 Å². The van der Waals surface area contributed by atoms with Crippen LogP contribution in [0.15, 0.2) is 48.5 Å². The Labute approximate surface area is 127 Å². The minimum Gasteiger partial charge on any atom is -0.481 e. The lowest BCUT2D eigenvalue weighted by Gasteiger charge is -2.09. The van der Waals surface area contributed by atoms with Crippen LogP contribution in [0.4, 0.5) is 5.69 Å². The first kappa shape index (κ1) is 15.1. The number of para-hydroxylation sites is 1. The van der Waals surface area contributed by atoms with E-state index in [0.29, 0.717) is 16.3 Å². The first-order valence-electron chi connectivity index (χ1n) is 6.38. The van der Waals surface area contributed by atoms with Gasteiger partial charge in [0, 0.05) is 10.7 Å². The average molecular weight is 304 g/mol. The second kappa shape index (κ2) is 6.90. The van der Waals surface area contributed by atoms with E-state index in [4.69, 9.17) is 16.7 Å². The number of aliphatic carboxylic acids is 1. The number of carbonyl (C=O) groups excluding carboxylic acids is 1. The Morgan fingerprint density at radius 3 is 2.33 bits per heavy atom. The van der Waals surface area contributed by atoms with Crippen molar-refractivity contribution in [1.82, 2.24) is 0 Å². The summed E-state index contributed by atoms with van der Waals surface area (Å²) in [6.07, 6.45) is 0.0793. The van der Waals surface area contributed by atoms with Gasteiger partial charge in [-0.2, -0.15) is 0 Å². The van der Waals surface area contributed by atoms with E-state index < -0.39 is 5.97 Å². The normalized spacial score (nSPS) is 10.1. The van der Waals surface area contributed by atoms with Gasteiger partial charge < -0.3 is 10.4 Å². The Hall–Kier alpha value is -2.33. The van der Waals surface area contributed by atoms with E-state index in [1.807, 2.05) is 0 Å². The molecule has 108 valence electrons. The molecule has 0 aliphatic carbocycles. The number of hydrogen-bond donors (Lipinski definition) is 2. The number of rotatable bonds is 5. The Kier molecular flexibility index (Phi) is 4.95. The third kappa shape index (κ3) is 4.61. The van der Waals surface area contributed by atoms with Gasteiger partial charge in [-0.15, -0.1) is 0 Å². The fourth-order valence-electron chi connectivity index (χ4n) is 1.94. The summed E-state index contributed by atoms with van der Waals surface area (Å²) in [5, 5.41) is 12.2. The third-order valence-electron chi connectivity index (χ3n) is 2.91. The van der Waals surface area contributed by atoms with Gasteiger partial charge in [0.1, 0.15) is 0 Å². The van der Waals surface area contributed by atoms with Crippen molar-refractivity contribution in [2.24, 2.45) is 0 Å². The topological polar surface area (TPSA) is 66.4 Å². The van der Waals surface area contributed by atoms with Crippen molar-refractivity contribution in [2.75, 3.05) is 5.32 Å². The highest BCUT2D eigenvalue weighted by Gasteiger charge is 2.09. The van der Waals surface area contributed by atoms with Crippen LogP contribution in [0.3, 0.4) is 0 Å². The molecule has 0 unspecified atom stereocenters. The van der Waals surface area contributed by atoms with Crippen molar-refractivity contribution in [1.29, 1.82) is 0 Å². The molecule has 2 aromatic carbocycles. The van der Waals surface area contributed by atoms with Gasteiger partial charge in [0.05, 0.1) is 12.8 Å². The van der Waals surface area contributed by atoms with Crippen molar-refractivity contribution in [3.63, 3.8) is 0 Å². The molecule has 0 atom stereocenters. The summed E-state index contributed by atoms with van der Waals surface area (Å²) in [6.45, 7) is 0. The number of nitrogens with one attached hydrogen (secondary N) is 1. The number of carboxylic acid groups (broad SMARTS) is 1. The second-order valence-corrected chi connectivity index (χ2v) is 5.02. The summed E-state index contributed by atoms with van der Waals surface area (Å²) in [7, 11) is 0. The van der Waals surface area contributed by atoms with E-state index in [9.17, 15) is 9.59 Å². The smallest absolute Gasteiger partial charge is 0.307 e. The Bertz CT molecular complexity index is 653. The van der Waals surface area contributed by atoms with E-state index in [1.165, 1.54) is 0 Å². The number of amides is 1. The summed E-state index contributed by atoms with van der Waals surface area (Å²) < 4.78 is 0. The number of benzene rings is 2. The second-order valence-electron chi connectivity index (χ2n) is 4.58. The van der Waals surface area contributed by atoms with Gasteiger partial charge >= 0.3 is 5.97 Å². The number of hydrogen-bond acceptors (Lipinski definition) is 2. The first-order valence-corrected chi connectivity index (χ1v) is 6.76. The van der Waals surface area contributed by atoms with Gasteiger partial charge in [0.2, 0.25) is 5.91 Å². The molecule has 0 saturated heterocycles. The molecular weight excluding hydrogens is 290 g/mol. The van der Waals surface area contributed by atoms with Crippen LogP contribution in [-0.4, -0.2) is 17.0 Å². The highest BCUT2D eigenvalue weighted by Crippen LogP contribution is 2.16. The molecule has 0 radical (unpaired) electrons. The summed E-state index contributed by atoms with van der Waals surface area (Å²) >= 11 is 5.79. The number of carbonyl (C=O) groups is 2. The lowest BCUT2D eigenvalue weighted by Crippen LogP contribution is -2.16. The van der Waals surface area contributed by atoms with E-state index >= 15 is 0 Å². The molecule has 0 aliphatic rings. The minimum atomic E-state index is -0.936. The fraction of sp³-hybridized carbons (Fsp3) is 0.125. The lowest BCUT2D eigenvalue weighted by atomic mass is 10.1. The maximum Gasteiger partial charge on any atom is 0.307 e. The van der Waals surface area contributed by atoms with Crippen LogP contribution in [-0.2, 0) is 22.4 Å². The maximum absolute atomic E-state index is 12.0. The van der Waals surface area contributed by atoms with Crippen molar-refractivity contribution < 1.29 is 14.7 Å². The molecule has 0 spiro atoms. The first-order chi connectivity index (χ1) is 10.0. The quantitative estimate of drug-likeness (QED) is 0.891. The highest BCUT2D eigenvalue weighted by atomic mass is 35.5. The zero-order chi connectivity index (χ0) is 15.2. The van der Waals surface area contributed by atoms with E-state index in [-0.39, 0.29) is 18.7 Å². The summed E-state index contributed by atoms with van der Waals surface area (Å²) in [4.78, 5) is 22.8. The minimum absolute atomic E-state index is 0.128. The summed E-state index contributed by atoms with van der Waals surface area (Å²) in [5.74, 6) is -1.13. The molecule has 0 bridgehead atoms. The predicted octanol–water partition coefficient (Wildman–Crippen LogP) is 3.15. The van der Waals surface area contributed by atoms with Crippen LogP contribution in [0, 0.1) is 0 Å². The molecule has 0 fully saturated rings. The zero-order valence-electron chi connectivity index (χ0n) is 11.2. The Morgan fingerprint density at radius 2 is 1.67 bits per heavy atom. The molecule has 0 aliphatic heterocycles. The van der Waals surface area contributed by atoms with Crippen LogP contribution in [0.2, 0.25) is 5.02 Å². The van der Waals surface area contributed by atoms with Crippen molar-refractivity contribution in [3.05, 3.63) is 64.7 Å². The molecule has 0 aromatic heterocycles. The fourth-order valence-corrected chi connectivity index (χ4v) is 2.07. The Balaban J connectivity index is 2.05. The van der Waals surface area contributed by atoms with Crippen LogP contribution in [0.5, 0.6) is 0 Å². The molecule has 2 rings (SSSR count). The molecule has 5 heteroatoms. The van der Waals surface area contributed by atoms with Crippen molar-refractivity contribution in [2.45, 2.75) is 12.8 Å². The largest absolute Gasteiger partial charge is 0.481 e. The molecule has 2 N–H and O–H groups in total. The molecule has 0 heterocycles. The number of carboxylic acids is 1. The number of halogens is 1. The van der Waals surface area contributed by atoms with Gasteiger partial charge in [0.25, 0.3) is 0 Å². The third-order valence-corrected chi connectivity index (χ3v) is 3.16. The van der Waals surface area contributed by atoms with Gasteiger partial charge in [-0.1, -0.05) is 41.9 Å².